The molecule has 0 aliphatic heterocycles. The number of thiophene rings is 1. The third kappa shape index (κ3) is 3.12. The van der Waals surface area contributed by atoms with Gasteiger partial charge in [-0.1, -0.05) is 0 Å². The van der Waals surface area contributed by atoms with E-state index in [1.165, 1.54) is 19.2 Å². The smallest absolute Gasteiger partial charge is 0.240 e. The summed E-state index contributed by atoms with van der Waals surface area (Å²) in [5.74, 6) is 0.456. The molecule has 0 unspecified atom stereocenters. The number of rotatable bonds is 5. The molecule has 0 aliphatic rings. The second-order valence-electron chi connectivity index (χ2n) is 4.31. The van der Waals surface area contributed by atoms with Crippen molar-refractivity contribution in [1.82, 2.24) is 4.72 Å². The van der Waals surface area contributed by atoms with Crippen LogP contribution in [0.3, 0.4) is 0 Å². The summed E-state index contributed by atoms with van der Waals surface area (Å²) < 4.78 is 31.9. The van der Waals surface area contributed by atoms with E-state index in [9.17, 15) is 8.42 Å². The number of anilines is 1. The Balaban J connectivity index is 2.18. The van der Waals surface area contributed by atoms with Crippen molar-refractivity contribution in [2.24, 2.45) is 0 Å². The van der Waals surface area contributed by atoms with Crippen molar-refractivity contribution < 1.29 is 13.2 Å². The third-order valence-corrected chi connectivity index (χ3v) is 5.23. The van der Waals surface area contributed by atoms with Crippen LogP contribution in [0, 0.1) is 6.92 Å². The van der Waals surface area contributed by atoms with Crippen molar-refractivity contribution >= 4 is 27.0 Å². The maximum absolute atomic E-state index is 12.2. The summed E-state index contributed by atoms with van der Waals surface area (Å²) >= 11 is 1.55. The molecule has 0 saturated carbocycles. The summed E-state index contributed by atoms with van der Waals surface area (Å²) in [6.07, 6.45) is 0. The summed E-state index contributed by atoms with van der Waals surface area (Å²) in [4.78, 5) is 0.128. The Morgan fingerprint density at radius 2 is 2.10 bits per heavy atom. The third-order valence-electron chi connectivity index (χ3n) is 2.93. The van der Waals surface area contributed by atoms with Gasteiger partial charge in [0.25, 0.3) is 0 Å². The number of nitrogen functional groups attached to an aromatic ring is 1. The molecule has 1 aromatic carbocycles. The maximum Gasteiger partial charge on any atom is 0.240 e. The average molecular weight is 312 g/mol. The zero-order valence-electron chi connectivity index (χ0n) is 11.2. The number of methoxy groups -OCH3 is 1. The van der Waals surface area contributed by atoms with Gasteiger partial charge in [0, 0.05) is 6.54 Å². The maximum atomic E-state index is 12.2. The number of hydrogen-bond acceptors (Lipinski definition) is 5. The first-order valence-corrected chi connectivity index (χ1v) is 8.31. The molecule has 108 valence electrons. The molecule has 2 rings (SSSR count). The van der Waals surface area contributed by atoms with E-state index >= 15 is 0 Å². The Morgan fingerprint density at radius 3 is 2.65 bits per heavy atom. The highest BCUT2D eigenvalue weighted by Gasteiger charge is 2.16. The van der Waals surface area contributed by atoms with Gasteiger partial charge >= 0.3 is 0 Å². The molecule has 5 nitrogen and oxygen atoms in total. The molecule has 0 fully saturated rings. The van der Waals surface area contributed by atoms with Crippen LogP contribution < -0.4 is 15.2 Å². The molecule has 0 saturated heterocycles. The highest BCUT2D eigenvalue weighted by molar-refractivity contribution is 7.89. The first kappa shape index (κ1) is 14.8. The van der Waals surface area contributed by atoms with E-state index in [1.54, 1.807) is 17.4 Å². The zero-order valence-corrected chi connectivity index (χ0v) is 12.8. The number of nitrogens with one attached hydrogen (secondary N) is 1. The predicted octanol–water partition coefficient (Wildman–Crippen LogP) is 2.13. The van der Waals surface area contributed by atoms with Gasteiger partial charge in [0.15, 0.2) is 0 Å². The van der Waals surface area contributed by atoms with Gasteiger partial charge in [-0.05, 0) is 47.0 Å². The van der Waals surface area contributed by atoms with Crippen LogP contribution in [0.25, 0.3) is 0 Å². The van der Waals surface area contributed by atoms with Crippen LogP contribution in [0.15, 0.2) is 33.9 Å². The first-order valence-electron chi connectivity index (χ1n) is 5.89. The van der Waals surface area contributed by atoms with Gasteiger partial charge in [0.2, 0.25) is 10.0 Å². The monoisotopic (exact) mass is 312 g/mol. The van der Waals surface area contributed by atoms with Crippen LogP contribution in [-0.2, 0) is 16.6 Å². The highest BCUT2D eigenvalue weighted by atomic mass is 32.2. The van der Waals surface area contributed by atoms with Gasteiger partial charge in [0.1, 0.15) is 5.75 Å². The van der Waals surface area contributed by atoms with Crippen molar-refractivity contribution in [3.63, 3.8) is 0 Å². The number of sulfonamides is 1. The summed E-state index contributed by atoms with van der Waals surface area (Å²) in [6.45, 7) is 2.22. The second kappa shape index (κ2) is 5.82. The topological polar surface area (TPSA) is 81.4 Å². The molecule has 0 spiro atoms. The van der Waals surface area contributed by atoms with Crippen LogP contribution in [-0.4, -0.2) is 15.5 Å². The molecule has 1 heterocycles. The fourth-order valence-corrected chi connectivity index (χ4v) is 3.60. The Morgan fingerprint density at radius 1 is 1.35 bits per heavy atom. The van der Waals surface area contributed by atoms with Gasteiger partial charge < -0.3 is 10.5 Å². The minimum Gasteiger partial charge on any atom is -0.495 e. The van der Waals surface area contributed by atoms with Gasteiger partial charge in [0.05, 0.1) is 17.7 Å². The van der Waals surface area contributed by atoms with Crippen LogP contribution in [0.2, 0.25) is 0 Å². The van der Waals surface area contributed by atoms with Crippen molar-refractivity contribution in [1.29, 1.82) is 0 Å². The molecule has 0 bridgehead atoms. The number of hydrogen-bond donors (Lipinski definition) is 2. The van der Waals surface area contributed by atoms with Crippen molar-refractivity contribution in [3.8, 4) is 5.75 Å². The van der Waals surface area contributed by atoms with E-state index in [0.717, 1.165) is 11.1 Å². The lowest BCUT2D eigenvalue weighted by Crippen LogP contribution is -2.23. The molecular weight excluding hydrogens is 296 g/mol. The van der Waals surface area contributed by atoms with Crippen LogP contribution in [0.4, 0.5) is 5.69 Å². The van der Waals surface area contributed by atoms with E-state index < -0.39 is 10.0 Å². The fourth-order valence-electron chi connectivity index (χ4n) is 1.70. The number of aryl methyl sites for hydroxylation is 1. The minimum atomic E-state index is -3.58. The first-order chi connectivity index (χ1) is 9.44. The molecule has 7 heteroatoms. The largest absolute Gasteiger partial charge is 0.495 e. The van der Waals surface area contributed by atoms with Gasteiger partial charge in [-0.3, -0.25) is 0 Å². The molecule has 1 aromatic heterocycles. The van der Waals surface area contributed by atoms with E-state index in [4.69, 9.17) is 10.5 Å². The van der Waals surface area contributed by atoms with E-state index in [2.05, 4.69) is 4.72 Å². The molecule has 3 N–H and O–H groups in total. The van der Waals surface area contributed by atoms with E-state index in [1.807, 2.05) is 17.7 Å². The van der Waals surface area contributed by atoms with Gasteiger partial charge in [-0.15, -0.1) is 0 Å². The standard InChI is InChI=1S/C13H16N2O3S2/c1-9-7-19-8-10(9)6-15-20(16,17)11-3-4-13(18-2)12(14)5-11/h3-5,7-8,15H,6,14H2,1-2H3. The number of benzene rings is 1. The van der Waals surface area contributed by atoms with Crippen molar-refractivity contribution in [2.75, 3.05) is 12.8 Å². The molecule has 2 aromatic rings. The summed E-state index contributed by atoms with van der Waals surface area (Å²) in [6, 6.07) is 4.40. The highest BCUT2D eigenvalue weighted by Crippen LogP contribution is 2.24. The van der Waals surface area contributed by atoms with Crippen molar-refractivity contribution in [3.05, 3.63) is 40.1 Å². The zero-order chi connectivity index (χ0) is 14.8. The number of ether oxygens (including phenoxy) is 1. The molecule has 20 heavy (non-hydrogen) atoms. The Kier molecular flexibility index (Phi) is 4.32. The predicted molar refractivity (Wildman–Crippen MR) is 80.5 cm³/mol. The van der Waals surface area contributed by atoms with Gasteiger partial charge in [-0.2, -0.15) is 11.3 Å². The van der Waals surface area contributed by atoms with Crippen LogP contribution in [0.5, 0.6) is 5.75 Å². The van der Waals surface area contributed by atoms with Crippen LogP contribution >= 0.6 is 11.3 Å². The Labute approximate surface area is 122 Å². The fraction of sp³-hybridized carbons (Fsp3) is 0.231. The Hall–Kier alpha value is -1.57. The average Bonchev–Trinajstić information content (AvgIpc) is 2.82. The molecular formula is C13H16N2O3S2. The van der Waals surface area contributed by atoms with E-state index in [-0.39, 0.29) is 11.4 Å². The molecule has 0 aliphatic carbocycles. The summed E-state index contributed by atoms with van der Waals surface area (Å²) in [7, 11) is -2.10. The molecule has 0 radical (unpaired) electrons. The second-order valence-corrected chi connectivity index (χ2v) is 6.82. The molecule has 0 amide bonds. The Bertz CT molecular complexity index is 708. The van der Waals surface area contributed by atoms with Crippen molar-refractivity contribution in [2.45, 2.75) is 18.4 Å². The lowest BCUT2D eigenvalue weighted by molar-refractivity contribution is 0.416. The SMILES string of the molecule is COc1ccc(S(=O)(=O)NCc2cscc2C)cc1N. The van der Waals surface area contributed by atoms with Crippen LogP contribution in [0.1, 0.15) is 11.1 Å². The minimum absolute atomic E-state index is 0.128. The summed E-state index contributed by atoms with van der Waals surface area (Å²) in [5.41, 5.74) is 8.07. The lowest BCUT2D eigenvalue weighted by Gasteiger charge is -2.09. The number of nitrogens with two attached hydrogens (primary N) is 1. The van der Waals surface area contributed by atoms with Gasteiger partial charge in [-0.25, -0.2) is 13.1 Å². The summed E-state index contributed by atoms with van der Waals surface area (Å²) in [5, 5.41) is 3.91. The molecule has 0 atom stereocenters. The quantitative estimate of drug-likeness (QED) is 0.829. The lowest BCUT2D eigenvalue weighted by atomic mass is 10.2. The van der Waals surface area contributed by atoms with E-state index in [0.29, 0.717) is 11.4 Å². The normalized spacial score (nSPS) is 11.5.